The van der Waals surface area contributed by atoms with E-state index in [1.54, 1.807) is 17.0 Å². The summed E-state index contributed by atoms with van der Waals surface area (Å²) in [7, 11) is 0. The first kappa shape index (κ1) is 42.0. The number of para-hydroxylation sites is 1. The number of nitrogen functional groups attached to an aromatic ring is 1. The third-order valence-electron chi connectivity index (χ3n) is 14.6. The number of rotatable bonds is 9. The third-order valence-corrected chi connectivity index (χ3v) is 14.6. The van der Waals surface area contributed by atoms with Crippen LogP contribution < -0.4 is 20.9 Å². The smallest absolute Gasteiger partial charge is 0.328 e. The van der Waals surface area contributed by atoms with Crippen LogP contribution in [-0.4, -0.2) is 105 Å². The second kappa shape index (κ2) is 17.2. The molecule has 6 heterocycles. The van der Waals surface area contributed by atoms with Gasteiger partial charge in [0.1, 0.15) is 11.9 Å². The number of imide groups is 1. The fourth-order valence-electron chi connectivity index (χ4n) is 10.6. The van der Waals surface area contributed by atoms with Gasteiger partial charge in [-0.2, -0.15) is 0 Å². The maximum Gasteiger partial charge on any atom is 0.328 e. The molecule has 0 bridgehead atoms. The number of fused-ring (bicyclic) bond motifs is 1. The first-order chi connectivity index (χ1) is 31.0. The summed E-state index contributed by atoms with van der Waals surface area (Å²) in [6.07, 6.45) is 8.96. The molecule has 0 spiro atoms. The number of carbonyl (C=O) groups excluding carboxylic acids is 3. The lowest BCUT2D eigenvalue weighted by atomic mass is 9.94. The van der Waals surface area contributed by atoms with Gasteiger partial charge in [0.25, 0.3) is 5.91 Å². The predicted molar refractivity (Wildman–Crippen MR) is 248 cm³/mol. The summed E-state index contributed by atoms with van der Waals surface area (Å²) in [6, 6.07) is 21.4. The second-order valence-corrected chi connectivity index (χ2v) is 18.8. The van der Waals surface area contributed by atoms with Gasteiger partial charge in [-0.25, -0.2) is 4.79 Å². The van der Waals surface area contributed by atoms with Crippen LogP contribution in [0.15, 0.2) is 72.9 Å². The van der Waals surface area contributed by atoms with Gasteiger partial charge >= 0.3 is 6.03 Å². The number of urea groups is 1. The molecule has 3 atom stereocenters. The van der Waals surface area contributed by atoms with Crippen molar-refractivity contribution in [3.63, 3.8) is 0 Å². The maximum absolute atomic E-state index is 13.8. The standard InChI is InChI=1S/C50H59N9O5/c1-30-24-43-39(25-42(30)57-23-18-47(61)52-50(57)63)40(34-8-9-34)28-59(43)37-16-19-55(20-17-37)27-33-14-21-56(22-15-33)49(62)36-12-10-35(11-13-36)46-29-58(31(2)32(3)64-46)44-26-41(53-54-48(44)51)38-6-4-5-7-45(38)60/h4-7,10-13,24-26,28,31-34,37,46,60H,8-9,14-23,27,29H2,1-3H3,(H2,51,54)(H,52,61,63)/t31-,32+,46+/m0/s1. The van der Waals surface area contributed by atoms with Crippen LogP contribution in [0.25, 0.3) is 22.2 Å². The Labute approximate surface area is 374 Å². The second-order valence-electron chi connectivity index (χ2n) is 18.8. The van der Waals surface area contributed by atoms with Crippen molar-refractivity contribution < 1.29 is 24.2 Å². The van der Waals surface area contributed by atoms with Gasteiger partial charge in [0.15, 0.2) is 5.82 Å². The number of piperidine rings is 2. The molecule has 5 fully saturated rings. The van der Waals surface area contributed by atoms with Crippen LogP contribution in [0.3, 0.4) is 0 Å². The van der Waals surface area contributed by atoms with Crippen LogP contribution >= 0.6 is 0 Å². The zero-order valence-electron chi connectivity index (χ0n) is 37.1. The van der Waals surface area contributed by atoms with E-state index in [2.05, 4.69) is 69.0 Å². The molecule has 2 aromatic heterocycles. The van der Waals surface area contributed by atoms with Crippen molar-refractivity contribution in [3.05, 3.63) is 95.2 Å². The van der Waals surface area contributed by atoms with E-state index in [4.69, 9.17) is 10.5 Å². The summed E-state index contributed by atoms with van der Waals surface area (Å²) in [5, 5.41) is 22.7. The number of phenolic OH excluding ortho intramolecular Hbond substituents is 1. The highest BCUT2D eigenvalue weighted by Gasteiger charge is 2.36. The largest absolute Gasteiger partial charge is 0.507 e. The van der Waals surface area contributed by atoms with Gasteiger partial charge in [-0.05, 0) is 130 Å². The Balaban J connectivity index is 0.733. The maximum atomic E-state index is 13.8. The summed E-state index contributed by atoms with van der Waals surface area (Å²) in [6.45, 7) is 11.9. The van der Waals surface area contributed by atoms with Gasteiger partial charge in [0, 0.05) is 92.2 Å². The Hall–Kier alpha value is -5.99. The van der Waals surface area contributed by atoms with Crippen LogP contribution in [0.5, 0.6) is 5.75 Å². The van der Waals surface area contributed by atoms with Crippen LogP contribution in [0.2, 0.25) is 0 Å². The first-order valence-corrected chi connectivity index (χ1v) is 23.2. The summed E-state index contributed by atoms with van der Waals surface area (Å²) < 4.78 is 9.04. The number of aryl methyl sites for hydroxylation is 1. The van der Waals surface area contributed by atoms with Crippen molar-refractivity contribution in [2.24, 2.45) is 5.92 Å². The molecule has 0 radical (unpaired) electrons. The number of nitrogens with zero attached hydrogens (tertiary/aromatic N) is 7. The molecule has 4 aliphatic heterocycles. The predicted octanol–water partition coefficient (Wildman–Crippen LogP) is 7.56. The minimum absolute atomic E-state index is 0.00899. The highest BCUT2D eigenvalue weighted by molar-refractivity contribution is 6.07. The SMILES string of the molecule is Cc1cc2c(cc1N1CCC(=O)NC1=O)c(C1CC1)cn2C1CCN(CC2CCN(C(=O)c3ccc([C@H]4CN(c5cc(-c6ccccc6O)nnc5N)[C@@H](C)[C@@H](C)O4)cc3)CC2)CC1. The van der Waals surface area contributed by atoms with Crippen molar-refractivity contribution in [1.29, 1.82) is 0 Å². The topological polar surface area (TPSA) is 162 Å². The number of morpholine rings is 1. The number of nitrogens with two attached hydrogens (primary N) is 1. The van der Waals surface area contributed by atoms with Crippen LogP contribution in [0.1, 0.15) is 104 Å². The summed E-state index contributed by atoms with van der Waals surface area (Å²) in [5.41, 5.74) is 14.6. The molecule has 5 aliphatic rings. The summed E-state index contributed by atoms with van der Waals surface area (Å²) in [4.78, 5) is 47.0. The average Bonchev–Trinajstić information content (AvgIpc) is 4.09. The molecule has 14 nitrogen and oxygen atoms in total. The number of likely N-dealkylation sites (tertiary alicyclic amines) is 2. The summed E-state index contributed by atoms with van der Waals surface area (Å²) in [5.74, 6) is 1.45. The minimum atomic E-state index is -0.333. The van der Waals surface area contributed by atoms with E-state index < -0.39 is 0 Å². The van der Waals surface area contributed by atoms with Crippen molar-refractivity contribution >= 4 is 45.9 Å². The van der Waals surface area contributed by atoms with Crippen molar-refractivity contribution in [2.75, 3.05) is 61.3 Å². The summed E-state index contributed by atoms with van der Waals surface area (Å²) >= 11 is 0. The normalized spacial score (nSPS) is 22.9. The van der Waals surface area contributed by atoms with E-state index in [1.165, 1.54) is 29.3 Å². The molecule has 334 valence electrons. The zero-order valence-corrected chi connectivity index (χ0v) is 37.1. The van der Waals surface area contributed by atoms with E-state index in [0.29, 0.717) is 60.0 Å². The number of ether oxygens (including phenoxy) is 1. The van der Waals surface area contributed by atoms with Crippen molar-refractivity contribution in [1.82, 2.24) is 29.9 Å². The third kappa shape index (κ3) is 8.17. The van der Waals surface area contributed by atoms with Crippen molar-refractivity contribution in [2.45, 2.75) is 95.9 Å². The monoisotopic (exact) mass is 865 g/mol. The lowest BCUT2D eigenvalue weighted by molar-refractivity contribution is -0.120. The molecule has 4 saturated heterocycles. The molecular weight excluding hydrogens is 807 g/mol. The Morgan fingerprint density at radius 2 is 1.64 bits per heavy atom. The minimum Gasteiger partial charge on any atom is -0.507 e. The average molecular weight is 866 g/mol. The Bertz CT molecular complexity index is 2570. The van der Waals surface area contributed by atoms with Gasteiger partial charge in [0.05, 0.1) is 23.5 Å². The highest BCUT2D eigenvalue weighted by atomic mass is 16.5. The lowest BCUT2D eigenvalue weighted by Crippen LogP contribution is -2.50. The molecule has 64 heavy (non-hydrogen) atoms. The number of carbonyl (C=O) groups is 3. The number of benzene rings is 3. The molecule has 10 rings (SSSR count). The molecule has 4 amide bonds. The fourth-order valence-corrected chi connectivity index (χ4v) is 10.6. The van der Waals surface area contributed by atoms with Gasteiger partial charge in [-0.3, -0.25) is 19.8 Å². The van der Waals surface area contributed by atoms with E-state index in [9.17, 15) is 19.5 Å². The number of phenols is 1. The number of aromatic hydroxyl groups is 1. The Morgan fingerprint density at radius 3 is 2.36 bits per heavy atom. The first-order valence-electron chi connectivity index (χ1n) is 23.2. The molecule has 4 N–H and O–H groups in total. The molecule has 0 unspecified atom stereocenters. The number of nitrogens with one attached hydrogen (secondary N) is 1. The van der Waals surface area contributed by atoms with E-state index >= 15 is 0 Å². The van der Waals surface area contributed by atoms with Gasteiger partial charge in [0.2, 0.25) is 5.91 Å². The molecular formula is C50H59N9O5. The lowest BCUT2D eigenvalue weighted by Gasteiger charge is -2.43. The van der Waals surface area contributed by atoms with Crippen LogP contribution in [-0.2, 0) is 9.53 Å². The van der Waals surface area contributed by atoms with E-state index in [0.717, 1.165) is 80.9 Å². The molecule has 3 aromatic carbocycles. The van der Waals surface area contributed by atoms with E-state index in [1.807, 2.05) is 47.4 Å². The quantitative estimate of drug-likeness (QED) is 0.135. The van der Waals surface area contributed by atoms with Gasteiger partial charge in [-0.1, -0.05) is 24.3 Å². The zero-order chi connectivity index (χ0) is 44.2. The molecule has 1 saturated carbocycles. The van der Waals surface area contributed by atoms with Gasteiger partial charge in [-0.15, -0.1) is 10.2 Å². The van der Waals surface area contributed by atoms with E-state index in [-0.39, 0.29) is 41.8 Å². The Morgan fingerprint density at radius 1 is 0.891 bits per heavy atom. The van der Waals surface area contributed by atoms with Crippen LogP contribution in [0.4, 0.5) is 22.0 Å². The van der Waals surface area contributed by atoms with Gasteiger partial charge < -0.3 is 34.8 Å². The fraction of sp³-hybridized carbons (Fsp3) is 0.460. The number of aromatic nitrogens is 3. The highest BCUT2D eigenvalue weighted by Crippen LogP contribution is 2.47. The number of anilines is 3. The Kier molecular flexibility index (Phi) is 11.3. The van der Waals surface area contributed by atoms with Crippen LogP contribution in [0, 0.1) is 12.8 Å². The number of amides is 4. The van der Waals surface area contributed by atoms with Crippen molar-refractivity contribution in [3.8, 4) is 17.0 Å². The molecule has 1 aliphatic carbocycles. The number of hydrogen-bond donors (Lipinski definition) is 3. The number of hydrogen-bond acceptors (Lipinski definition) is 10. The molecule has 5 aromatic rings. The molecule has 14 heteroatoms.